The molecule has 0 aromatic heterocycles. The number of carbonyl (C=O) groups is 2. The number of benzene rings is 2. The minimum absolute atomic E-state index is 0.0108. The maximum Gasteiger partial charge on any atom is 0.343 e. The summed E-state index contributed by atoms with van der Waals surface area (Å²) in [5, 5.41) is 4.01. The lowest BCUT2D eigenvalue weighted by Gasteiger charge is -2.30. The molecular weight excluding hydrogens is 362 g/mol. The van der Waals surface area contributed by atoms with E-state index in [4.69, 9.17) is 16.3 Å². The lowest BCUT2D eigenvalue weighted by molar-refractivity contribution is -0.142. The summed E-state index contributed by atoms with van der Waals surface area (Å²) in [6.45, 7) is 4.04. The molecule has 140 valence electrons. The van der Waals surface area contributed by atoms with Gasteiger partial charge in [0.05, 0.1) is 6.04 Å². The molecule has 1 atom stereocenters. The fraction of sp³-hybridized carbons (Fsp3) is 0.273. The number of esters is 1. The van der Waals surface area contributed by atoms with Crippen molar-refractivity contribution >= 4 is 23.4 Å². The first kappa shape index (κ1) is 19.2. The van der Waals surface area contributed by atoms with E-state index in [0.717, 1.165) is 11.1 Å². The molecule has 0 aliphatic carbocycles. The van der Waals surface area contributed by atoms with Gasteiger partial charge in [0.1, 0.15) is 12.2 Å². The van der Waals surface area contributed by atoms with Crippen molar-refractivity contribution in [3.05, 3.63) is 82.0 Å². The third-order valence-electron chi connectivity index (χ3n) is 4.53. The number of hydrogen-bond donors (Lipinski definition) is 1. The van der Waals surface area contributed by atoms with Crippen LogP contribution in [0.1, 0.15) is 37.4 Å². The predicted octanol–water partition coefficient (Wildman–Crippen LogP) is 4.60. The fourth-order valence-corrected chi connectivity index (χ4v) is 3.25. The highest BCUT2D eigenvalue weighted by Crippen LogP contribution is 2.30. The van der Waals surface area contributed by atoms with Crippen LogP contribution >= 0.6 is 11.6 Å². The number of nitrogens with one attached hydrogen (secondary N) is 1. The molecule has 0 amide bonds. The molecule has 0 bridgehead atoms. The molecule has 1 heterocycles. The molecule has 0 saturated heterocycles. The van der Waals surface area contributed by atoms with Gasteiger partial charge in [-0.25, -0.2) is 4.79 Å². The van der Waals surface area contributed by atoms with Crippen LogP contribution in [-0.4, -0.2) is 11.8 Å². The Kier molecular flexibility index (Phi) is 5.97. The Morgan fingerprint density at radius 1 is 1.15 bits per heavy atom. The van der Waals surface area contributed by atoms with E-state index in [1.54, 1.807) is 12.1 Å². The van der Waals surface area contributed by atoms with Crippen molar-refractivity contribution in [2.24, 2.45) is 5.92 Å². The quantitative estimate of drug-likeness (QED) is 0.605. The number of carbonyl (C=O) groups excluding carboxylic acids is 2. The lowest BCUT2D eigenvalue weighted by atomic mass is 9.89. The summed E-state index contributed by atoms with van der Waals surface area (Å²) >= 11 is 5.95. The van der Waals surface area contributed by atoms with Crippen LogP contribution in [0.2, 0.25) is 5.02 Å². The van der Waals surface area contributed by atoms with Crippen LogP contribution in [-0.2, 0) is 20.9 Å². The highest BCUT2D eigenvalue weighted by atomic mass is 35.5. The van der Waals surface area contributed by atoms with Gasteiger partial charge in [0.15, 0.2) is 5.78 Å². The molecule has 1 aliphatic rings. The van der Waals surface area contributed by atoms with Gasteiger partial charge in [0.2, 0.25) is 0 Å². The molecular formula is C22H22ClNO3. The maximum atomic E-state index is 12.8. The molecule has 2 aromatic rings. The Bertz CT molecular complexity index is 857. The summed E-state index contributed by atoms with van der Waals surface area (Å²) in [6.07, 6.45) is 0.202. The zero-order valence-electron chi connectivity index (χ0n) is 15.4. The predicted molar refractivity (Wildman–Crippen MR) is 105 cm³/mol. The number of ketones is 1. The zero-order valence-corrected chi connectivity index (χ0v) is 16.1. The summed E-state index contributed by atoms with van der Waals surface area (Å²) in [5.41, 5.74) is 2.60. The van der Waals surface area contributed by atoms with Crippen molar-refractivity contribution in [1.82, 2.24) is 5.32 Å². The SMILES string of the molecule is CC(C)C1=C(C(=O)OCc2ccccc2)C(=O)CC(c2ccc(Cl)cc2)N1. The molecule has 3 rings (SSSR count). The second kappa shape index (κ2) is 8.40. The maximum absolute atomic E-state index is 12.8. The third kappa shape index (κ3) is 4.58. The largest absolute Gasteiger partial charge is 0.457 e. The zero-order chi connectivity index (χ0) is 19.4. The molecule has 1 unspecified atom stereocenters. The third-order valence-corrected chi connectivity index (χ3v) is 4.79. The summed E-state index contributed by atoms with van der Waals surface area (Å²) in [7, 11) is 0. The van der Waals surface area contributed by atoms with Gasteiger partial charge in [-0.05, 0) is 29.2 Å². The van der Waals surface area contributed by atoms with E-state index >= 15 is 0 Å². The van der Waals surface area contributed by atoms with Gasteiger partial charge in [0, 0.05) is 17.1 Å². The Morgan fingerprint density at radius 2 is 1.81 bits per heavy atom. The molecule has 0 fully saturated rings. The van der Waals surface area contributed by atoms with Crippen molar-refractivity contribution in [2.45, 2.75) is 32.9 Å². The standard InChI is InChI=1S/C22H22ClNO3/c1-14(2)21-20(22(26)27-13-15-6-4-3-5-7-15)19(25)12-18(24-21)16-8-10-17(23)11-9-16/h3-11,14,18,24H,12-13H2,1-2H3. The monoisotopic (exact) mass is 383 g/mol. The molecule has 0 saturated carbocycles. The van der Waals surface area contributed by atoms with Crippen LogP contribution in [0.25, 0.3) is 0 Å². The van der Waals surface area contributed by atoms with Gasteiger partial charge in [-0.3, -0.25) is 4.79 Å². The fourth-order valence-electron chi connectivity index (χ4n) is 3.12. The number of ether oxygens (including phenoxy) is 1. The normalized spacial score (nSPS) is 17.0. The van der Waals surface area contributed by atoms with Gasteiger partial charge < -0.3 is 10.1 Å². The van der Waals surface area contributed by atoms with Crippen LogP contribution in [0, 0.1) is 5.92 Å². The lowest BCUT2D eigenvalue weighted by Crippen LogP contribution is -2.36. The molecule has 1 N–H and O–H groups in total. The summed E-state index contributed by atoms with van der Waals surface area (Å²) in [5.74, 6) is -0.784. The number of allylic oxidation sites excluding steroid dienone is 1. The molecule has 0 radical (unpaired) electrons. The number of rotatable bonds is 5. The molecule has 0 spiro atoms. The van der Waals surface area contributed by atoms with Crippen LogP contribution < -0.4 is 5.32 Å². The Hall–Kier alpha value is -2.59. The molecule has 27 heavy (non-hydrogen) atoms. The van der Waals surface area contributed by atoms with Crippen LogP contribution in [0.15, 0.2) is 65.9 Å². The summed E-state index contributed by atoms with van der Waals surface area (Å²) in [6, 6.07) is 16.6. The average molecular weight is 384 g/mol. The first-order valence-corrected chi connectivity index (χ1v) is 9.34. The second-order valence-electron chi connectivity index (χ2n) is 6.88. The summed E-state index contributed by atoms with van der Waals surface area (Å²) < 4.78 is 5.40. The van der Waals surface area contributed by atoms with Gasteiger partial charge in [-0.2, -0.15) is 0 Å². The van der Waals surface area contributed by atoms with E-state index < -0.39 is 5.97 Å². The van der Waals surface area contributed by atoms with Crippen molar-refractivity contribution in [3.8, 4) is 0 Å². The van der Waals surface area contributed by atoms with E-state index in [0.29, 0.717) is 10.7 Å². The van der Waals surface area contributed by atoms with Gasteiger partial charge >= 0.3 is 5.97 Å². The molecule has 1 aliphatic heterocycles. The van der Waals surface area contributed by atoms with Crippen molar-refractivity contribution < 1.29 is 14.3 Å². The van der Waals surface area contributed by atoms with Crippen molar-refractivity contribution in [1.29, 1.82) is 0 Å². The molecule has 5 heteroatoms. The highest BCUT2D eigenvalue weighted by Gasteiger charge is 2.34. The summed E-state index contributed by atoms with van der Waals surface area (Å²) in [4.78, 5) is 25.4. The van der Waals surface area contributed by atoms with Crippen LogP contribution in [0.5, 0.6) is 0 Å². The first-order valence-electron chi connectivity index (χ1n) is 8.96. The number of Topliss-reactive ketones (excluding diaryl/α,β-unsaturated/α-hetero) is 1. The Morgan fingerprint density at radius 3 is 2.44 bits per heavy atom. The van der Waals surface area contributed by atoms with Crippen molar-refractivity contribution in [3.63, 3.8) is 0 Å². The minimum Gasteiger partial charge on any atom is -0.457 e. The highest BCUT2D eigenvalue weighted by molar-refractivity contribution is 6.30. The van der Waals surface area contributed by atoms with Gasteiger partial charge in [-0.15, -0.1) is 0 Å². The van der Waals surface area contributed by atoms with Crippen LogP contribution in [0.4, 0.5) is 0 Å². The van der Waals surface area contributed by atoms with Crippen LogP contribution in [0.3, 0.4) is 0 Å². The van der Waals surface area contributed by atoms with E-state index in [1.165, 1.54) is 0 Å². The van der Waals surface area contributed by atoms with Gasteiger partial charge in [0.25, 0.3) is 0 Å². The number of halogens is 1. The van der Waals surface area contributed by atoms with E-state index in [-0.39, 0.29) is 36.3 Å². The van der Waals surface area contributed by atoms with E-state index in [9.17, 15) is 9.59 Å². The van der Waals surface area contributed by atoms with E-state index in [1.807, 2.05) is 56.3 Å². The Balaban J connectivity index is 1.81. The average Bonchev–Trinajstić information content (AvgIpc) is 2.66. The van der Waals surface area contributed by atoms with Gasteiger partial charge in [-0.1, -0.05) is 67.9 Å². The topological polar surface area (TPSA) is 55.4 Å². The minimum atomic E-state index is -0.574. The second-order valence-corrected chi connectivity index (χ2v) is 7.32. The molecule has 4 nitrogen and oxygen atoms in total. The first-order chi connectivity index (χ1) is 13.0. The Labute approximate surface area is 164 Å². The van der Waals surface area contributed by atoms with E-state index in [2.05, 4.69) is 5.32 Å². The smallest absolute Gasteiger partial charge is 0.343 e. The molecule has 2 aromatic carbocycles. The number of hydrogen-bond acceptors (Lipinski definition) is 4. The van der Waals surface area contributed by atoms with Crippen molar-refractivity contribution in [2.75, 3.05) is 0 Å².